The highest BCUT2D eigenvalue weighted by Crippen LogP contribution is 1.96. The molecule has 1 aromatic rings. The zero-order chi connectivity index (χ0) is 7.23. The fourth-order valence-corrected chi connectivity index (χ4v) is 0.566. The van der Waals surface area contributed by atoms with Gasteiger partial charge in [-0.1, -0.05) is 18.2 Å². The standard InChI is InChI=1S/C8H9NO/c1-2-3-4-5-8-9-6-7-10-8/h2-7H,1H3. The Kier molecular flexibility index (Phi) is 2.49. The molecule has 0 atom stereocenters. The lowest BCUT2D eigenvalue weighted by Crippen LogP contribution is -1.64. The Morgan fingerprint density at radius 3 is 3.00 bits per heavy atom. The van der Waals surface area contributed by atoms with Crippen molar-refractivity contribution in [2.45, 2.75) is 6.92 Å². The molecule has 10 heavy (non-hydrogen) atoms. The summed E-state index contributed by atoms with van der Waals surface area (Å²) in [6, 6.07) is 0. The number of rotatable bonds is 2. The van der Waals surface area contributed by atoms with Crippen molar-refractivity contribution >= 4 is 6.08 Å². The van der Waals surface area contributed by atoms with Crippen molar-refractivity contribution in [2.75, 3.05) is 0 Å². The van der Waals surface area contributed by atoms with Crippen molar-refractivity contribution < 1.29 is 4.42 Å². The van der Waals surface area contributed by atoms with Crippen molar-refractivity contribution in [3.63, 3.8) is 0 Å². The SMILES string of the molecule is CC=CC=Cc1ncco1. The van der Waals surface area contributed by atoms with Gasteiger partial charge < -0.3 is 4.42 Å². The zero-order valence-electron chi connectivity index (χ0n) is 5.82. The molecule has 1 rings (SSSR count). The molecule has 0 saturated heterocycles. The van der Waals surface area contributed by atoms with E-state index in [4.69, 9.17) is 4.42 Å². The molecule has 2 nitrogen and oxygen atoms in total. The van der Waals surface area contributed by atoms with Crippen molar-refractivity contribution in [3.8, 4) is 0 Å². The Bertz CT molecular complexity index is 221. The Morgan fingerprint density at radius 2 is 2.40 bits per heavy atom. The van der Waals surface area contributed by atoms with Crippen LogP contribution in [0.15, 0.2) is 35.1 Å². The van der Waals surface area contributed by atoms with Gasteiger partial charge in [-0.3, -0.25) is 0 Å². The first-order valence-electron chi connectivity index (χ1n) is 3.12. The van der Waals surface area contributed by atoms with E-state index in [0.29, 0.717) is 5.89 Å². The third-order valence-corrected chi connectivity index (χ3v) is 0.994. The van der Waals surface area contributed by atoms with Gasteiger partial charge in [-0.15, -0.1) is 0 Å². The first-order chi connectivity index (χ1) is 4.93. The van der Waals surface area contributed by atoms with Crippen LogP contribution in [0.1, 0.15) is 12.8 Å². The molecular weight excluding hydrogens is 126 g/mol. The van der Waals surface area contributed by atoms with E-state index in [9.17, 15) is 0 Å². The highest BCUT2D eigenvalue weighted by Gasteiger charge is 1.84. The summed E-state index contributed by atoms with van der Waals surface area (Å²) in [5.41, 5.74) is 0. The minimum atomic E-state index is 0.637. The summed E-state index contributed by atoms with van der Waals surface area (Å²) in [5, 5.41) is 0. The maximum atomic E-state index is 4.95. The summed E-state index contributed by atoms with van der Waals surface area (Å²) >= 11 is 0. The average molecular weight is 135 g/mol. The smallest absolute Gasteiger partial charge is 0.218 e. The molecule has 0 aliphatic rings. The van der Waals surface area contributed by atoms with Gasteiger partial charge in [0.05, 0.1) is 6.20 Å². The van der Waals surface area contributed by atoms with Gasteiger partial charge in [0.2, 0.25) is 5.89 Å². The van der Waals surface area contributed by atoms with E-state index in [1.807, 2.05) is 25.2 Å². The predicted octanol–water partition coefficient (Wildman–Crippen LogP) is 2.26. The largest absolute Gasteiger partial charge is 0.445 e. The van der Waals surface area contributed by atoms with Crippen LogP contribution in [0.4, 0.5) is 0 Å². The minimum Gasteiger partial charge on any atom is -0.445 e. The molecule has 2 heteroatoms. The van der Waals surface area contributed by atoms with Gasteiger partial charge in [-0.05, 0) is 6.92 Å². The number of aromatic nitrogens is 1. The molecular formula is C8H9NO. The second-order valence-electron chi connectivity index (χ2n) is 1.76. The number of hydrogen-bond acceptors (Lipinski definition) is 2. The molecule has 0 aliphatic heterocycles. The first kappa shape index (κ1) is 6.81. The van der Waals surface area contributed by atoms with Gasteiger partial charge in [0.1, 0.15) is 6.26 Å². The lowest BCUT2D eigenvalue weighted by atomic mass is 10.4. The number of oxazole rings is 1. The third kappa shape index (κ3) is 1.90. The maximum Gasteiger partial charge on any atom is 0.218 e. The monoisotopic (exact) mass is 135 g/mol. The summed E-state index contributed by atoms with van der Waals surface area (Å²) in [6.45, 7) is 1.96. The summed E-state index contributed by atoms with van der Waals surface area (Å²) in [5.74, 6) is 0.637. The molecule has 0 N–H and O–H groups in total. The lowest BCUT2D eigenvalue weighted by Gasteiger charge is -1.76. The Balaban J connectivity index is 2.55. The quantitative estimate of drug-likeness (QED) is 0.581. The third-order valence-electron chi connectivity index (χ3n) is 0.994. The van der Waals surface area contributed by atoms with Crippen LogP contribution in [0.25, 0.3) is 6.08 Å². The van der Waals surface area contributed by atoms with Crippen LogP contribution < -0.4 is 0 Å². The van der Waals surface area contributed by atoms with Crippen LogP contribution in [-0.4, -0.2) is 4.98 Å². The van der Waals surface area contributed by atoms with Gasteiger partial charge in [0.15, 0.2) is 0 Å². The van der Waals surface area contributed by atoms with Crippen molar-refractivity contribution in [1.29, 1.82) is 0 Å². The highest BCUT2D eigenvalue weighted by atomic mass is 16.3. The fourth-order valence-electron chi connectivity index (χ4n) is 0.566. The summed E-state index contributed by atoms with van der Waals surface area (Å²) in [6.07, 6.45) is 10.7. The Labute approximate surface area is 59.9 Å². The van der Waals surface area contributed by atoms with Gasteiger partial charge >= 0.3 is 0 Å². The molecule has 52 valence electrons. The van der Waals surface area contributed by atoms with E-state index in [-0.39, 0.29) is 0 Å². The average Bonchev–Trinajstić information content (AvgIpc) is 2.41. The van der Waals surface area contributed by atoms with E-state index in [2.05, 4.69) is 4.98 Å². The molecule has 0 amide bonds. The normalized spacial score (nSPS) is 11.7. The summed E-state index contributed by atoms with van der Waals surface area (Å²) < 4.78 is 4.95. The van der Waals surface area contributed by atoms with E-state index in [0.717, 1.165) is 0 Å². The zero-order valence-corrected chi connectivity index (χ0v) is 5.82. The molecule has 0 spiro atoms. The van der Waals surface area contributed by atoms with Crippen LogP contribution in [-0.2, 0) is 0 Å². The van der Waals surface area contributed by atoms with Gasteiger partial charge in [0, 0.05) is 6.08 Å². The van der Waals surface area contributed by atoms with Crippen LogP contribution in [0.5, 0.6) is 0 Å². The number of allylic oxidation sites excluding steroid dienone is 3. The van der Waals surface area contributed by atoms with Gasteiger partial charge in [-0.2, -0.15) is 0 Å². The predicted molar refractivity (Wildman–Crippen MR) is 40.4 cm³/mol. The lowest BCUT2D eigenvalue weighted by molar-refractivity contribution is 0.546. The molecule has 0 bridgehead atoms. The van der Waals surface area contributed by atoms with Gasteiger partial charge in [0.25, 0.3) is 0 Å². The topological polar surface area (TPSA) is 26.0 Å². The van der Waals surface area contributed by atoms with Crippen molar-refractivity contribution in [2.24, 2.45) is 0 Å². The van der Waals surface area contributed by atoms with Crippen molar-refractivity contribution in [3.05, 3.63) is 36.6 Å². The molecule has 0 radical (unpaired) electrons. The summed E-state index contributed by atoms with van der Waals surface area (Å²) in [4.78, 5) is 3.90. The maximum absolute atomic E-state index is 4.95. The van der Waals surface area contributed by atoms with Crippen LogP contribution in [0.2, 0.25) is 0 Å². The van der Waals surface area contributed by atoms with Crippen LogP contribution >= 0.6 is 0 Å². The number of nitrogens with zero attached hydrogens (tertiary/aromatic N) is 1. The molecule has 0 aromatic carbocycles. The molecule has 0 fully saturated rings. The summed E-state index contributed by atoms with van der Waals surface area (Å²) in [7, 11) is 0. The molecule has 1 heterocycles. The second-order valence-corrected chi connectivity index (χ2v) is 1.76. The minimum absolute atomic E-state index is 0.637. The van der Waals surface area contributed by atoms with E-state index in [1.165, 1.54) is 0 Å². The van der Waals surface area contributed by atoms with Crippen LogP contribution in [0, 0.1) is 0 Å². The Morgan fingerprint density at radius 1 is 1.50 bits per heavy atom. The molecule has 0 aliphatic carbocycles. The van der Waals surface area contributed by atoms with E-state index in [1.54, 1.807) is 18.5 Å². The van der Waals surface area contributed by atoms with Crippen LogP contribution in [0.3, 0.4) is 0 Å². The molecule has 1 aromatic heterocycles. The van der Waals surface area contributed by atoms with E-state index < -0.39 is 0 Å². The Hall–Kier alpha value is -1.31. The second kappa shape index (κ2) is 3.67. The van der Waals surface area contributed by atoms with Crippen molar-refractivity contribution in [1.82, 2.24) is 4.98 Å². The number of hydrogen-bond donors (Lipinski definition) is 0. The molecule has 0 unspecified atom stereocenters. The van der Waals surface area contributed by atoms with E-state index >= 15 is 0 Å². The molecule has 0 saturated carbocycles. The first-order valence-corrected chi connectivity index (χ1v) is 3.12. The fraction of sp³-hybridized carbons (Fsp3) is 0.125. The van der Waals surface area contributed by atoms with Gasteiger partial charge in [-0.25, -0.2) is 4.98 Å². The highest BCUT2D eigenvalue weighted by molar-refractivity contribution is 5.40.